The molecule has 1 aromatic carbocycles. The van der Waals surface area contributed by atoms with E-state index in [0.29, 0.717) is 5.25 Å². The maximum absolute atomic E-state index is 5.64. The summed E-state index contributed by atoms with van der Waals surface area (Å²) < 4.78 is 10.8. The van der Waals surface area contributed by atoms with Crippen molar-refractivity contribution in [2.24, 2.45) is 0 Å². The predicted octanol–water partition coefficient (Wildman–Crippen LogP) is 3.61. The van der Waals surface area contributed by atoms with E-state index >= 15 is 0 Å². The fourth-order valence-electron chi connectivity index (χ4n) is 1.26. The van der Waals surface area contributed by atoms with Gasteiger partial charge in [-0.2, -0.15) is 11.8 Å². The first kappa shape index (κ1) is 13.2. The van der Waals surface area contributed by atoms with Gasteiger partial charge in [0.1, 0.15) is 11.5 Å². The molecule has 0 heterocycles. The SMILES string of the molecule is COc1cccc(OCCCSC(C)C)c1. The average Bonchev–Trinajstić information content (AvgIpc) is 2.28. The summed E-state index contributed by atoms with van der Waals surface area (Å²) >= 11 is 1.97. The van der Waals surface area contributed by atoms with Crippen LogP contribution in [0.2, 0.25) is 0 Å². The highest BCUT2D eigenvalue weighted by Gasteiger charge is 1.97. The van der Waals surface area contributed by atoms with Gasteiger partial charge in [-0.05, 0) is 29.6 Å². The standard InChI is InChI=1S/C13H20O2S/c1-11(2)16-9-5-8-15-13-7-4-6-12(10-13)14-3/h4,6-7,10-11H,5,8-9H2,1-3H3. The van der Waals surface area contributed by atoms with E-state index in [2.05, 4.69) is 13.8 Å². The second kappa shape index (κ2) is 7.44. The zero-order valence-electron chi connectivity index (χ0n) is 10.2. The highest BCUT2D eigenvalue weighted by molar-refractivity contribution is 7.99. The zero-order chi connectivity index (χ0) is 11.8. The van der Waals surface area contributed by atoms with Crippen LogP contribution in [0.5, 0.6) is 11.5 Å². The molecule has 1 aromatic rings. The molecule has 16 heavy (non-hydrogen) atoms. The number of thioether (sulfide) groups is 1. The van der Waals surface area contributed by atoms with E-state index in [1.54, 1.807) is 7.11 Å². The van der Waals surface area contributed by atoms with Gasteiger partial charge in [-0.3, -0.25) is 0 Å². The van der Waals surface area contributed by atoms with Crippen LogP contribution in [-0.4, -0.2) is 24.7 Å². The second-order valence-electron chi connectivity index (χ2n) is 3.80. The van der Waals surface area contributed by atoms with Crippen molar-refractivity contribution in [2.45, 2.75) is 25.5 Å². The van der Waals surface area contributed by atoms with Gasteiger partial charge >= 0.3 is 0 Å². The Labute approximate surface area is 102 Å². The number of rotatable bonds is 7. The maximum Gasteiger partial charge on any atom is 0.122 e. The van der Waals surface area contributed by atoms with Crippen LogP contribution in [0.25, 0.3) is 0 Å². The highest BCUT2D eigenvalue weighted by Crippen LogP contribution is 2.19. The number of benzene rings is 1. The van der Waals surface area contributed by atoms with Gasteiger partial charge in [0.2, 0.25) is 0 Å². The molecular weight excluding hydrogens is 220 g/mol. The molecule has 0 saturated carbocycles. The van der Waals surface area contributed by atoms with Crippen LogP contribution < -0.4 is 9.47 Å². The molecule has 0 aliphatic rings. The van der Waals surface area contributed by atoms with Crippen molar-refractivity contribution in [3.63, 3.8) is 0 Å². The first-order valence-electron chi connectivity index (χ1n) is 5.61. The summed E-state index contributed by atoms with van der Waals surface area (Å²) in [5, 5.41) is 0.705. The van der Waals surface area contributed by atoms with Gasteiger partial charge in [0, 0.05) is 6.07 Å². The largest absolute Gasteiger partial charge is 0.497 e. The van der Waals surface area contributed by atoms with Gasteiger partial charge in [-0.15, -0.1) is 0 Å². The van der Waals surface area contributed by atoms with Crippen LogP contribution in [0, 0.1) is 0 Å². The Balaban J connectivity index is 2.21. The van der Waals surface area contributed by atoms with Gasteiger partial charge in [-0.25, -0.2) is 0 Å². The summed E-state index contributed by atoms with van der Waals surface area (Å²) in [5.74, 6) is 2.88. The molecule has 2 nitrogen and oxygen atoms in total. The summed E-state index contributed by atoms with van der Waals surface area (Å²) in [5.41, 5.74) is 0. The molecule has 0 spiro atoms. The molecule has 0 N–H and O–H groups in total. The molecule has 0 atom stereocenters. The normalized spacial score (nSPS) is 10.5. The summed E-state index contributed by atoms with van der Waals surface area (Å²) in [6.45, 7) is 5.20. The van der Waals surface area contributed by atoms with Crippen LogP contribution in [0.3, 0.4) is 0 Å². The minimum Gasteiger partial charge on any atom is -0.497 e. The van der Waals surface area contributed by atoms with Crippen molar-refractivity contribution in [3.05, 3.63) is 24.3 Å². The zero-order valence-corrected chi connectivity index (χ0v) is 11.0. The second-order valence-corrected chi connectivity index (χ2v) is 5.48. The molecular formula is C13H20O2S. The Kier molecular flexibility index (Phi) is 6.16. The van der Waals surface area contributed by atoms with Crippen molar-refractivity contribution in [1.82, 2.24) is 0 Å². The fourth-order valence-corrected chi connectivity index (χ4v) is 2.01. The molecule has 0 amide bonds. The van der Waals surface area contributed by atoms with Gasteiger partial charge < -0.3 is 9.47 Å². The Morgan fingerprint density at radius 2 is 2.00 bits per heavy atom. The summed E-state index contributed by atoms with van der Waals surface area (Å²) in [6, 6.07) is 7.73. The van der Waals surface area contributed by atoms with E-state index in [-0.39, 0.29) is 0 Å². The molecule has 3 heteroatoms. The monoisotopic (exact) mass is 240 g/mol. The van der Waals surface area contributed by atoms with Crippen molar-refractivity contribution in [2.75, 3.05) is 19.5 Å². The predicted molar refractivity (Wildman–Crippen MR) is 70.7 cm³/mol. The first-order chi connectivity index (χ1) is 7.72. The van der Waals surface area contributed by atoms with Crippen LogP contribution in [0.1, 0.15) is 20.3 Å². The van der Waals surface area contributed by atoms with Gasteiger partial charge in [0.25, 0.3) is 0 Å². The van der Waals surface area contributed by atoms with Crippen LogP contribution in [0.4, 0.5) is 0 Å². The lowest BCUT2D eigenvalue weighted by Gasteiger charge is -2.08. The van der Waals surface area contributed by atoms with E-state index in [9.17, 15) is 0 Å². The van der Waals surface area contributed by atoms with Crippen molar-refractivity contribution in [3.8, 4) is 11.5 Å². The number of methoxy groups -OCH3 is 1. The number of hydrogen-bond donors (Lipinski definition) is 0. The minimum absolute atomic E-state index is 0.705. The summed E-state index contributed by atoms with van der Waals surface area (Å²) in [6.07, 6.45) is 1.08. The number of hydrogen-bond acceptors (Lipinski definition) is 3. The highest BCUT2D eigenvalue weighted by atomic mass is 32.2. The molecule has 0 aliphatic carbocycles. The molecule has 90 valence electrons. The van der Waals surface area contributed by atoms with E-state index in [1.807, 2.05) is 36.0 Å². The van der Waals surface area contributed by atoms with Gasteiger partial charge in [0.15, 0.2) is 0 Å². The molecule has 0 bridgehead atoms. The lowest BCUT2D eigenvalue weighted by Crippen LogP contribution is -2.00. The average molecular weight is 240 g/mol. The lowest BCUT2D eigenvalue weighted by molar-refractivity contribution is 0.316. The van der Waals surface area contributed by atoms with E-state index in [4.69, 9.17) is 9.47 Å². The molecule has 1 rings (SSSR count). The van der Waals surface area contributed by atoms with Crippen molar-refractivity contribution >= 4 is 11.8 Å². The Hall–Kier alpha value is -0.830. The van der Waals surface area contributed by atoms with Gasteiger partial charge in [-0.1, -0.05) is 19.9 Å². The van der Waals surface area contributed by atoms with E-state index < -0.39 is 0 Å². The van der Waals surface area contributed by atoms with Crippen LogP contribution in [-0.2, 0) is 0 Å². The fraction of sp³-hybridized carbons (Fsp3) is 0.538. The Morgan fingerprint density at radius 1 is 1.25 bits per heavy atom. The van der Waals surface area contributed by atoms with Crippen LogP contribution in [0.15, 0.2) is 24.3 Å². The van der Waals surface area contributed by atoms with Gasteiger partial charge in [0.05, 0.1) is 13.7 Å². The topological polar surface area (TPSA) is 18.5 Å². The third kappa shape index (κ3) is 5.31. The summed E-state index contributed by atoms with van der Waals surface area (Å²) in [4.78, 5) is 0. The first-order valence-corrected chi connectivity index (χ1v) is 6.65. The third-order valence-electron chi connectivity index (χ3n) is 2.05. The number of ether oxygens (including phenoxy) is 2. The molecule has 0 aliphatic heterocycles. The Bertz CT molecular complexity index is 300. The van der Waals surface area contributed by atoms with E-state index in [1.165, 1.54) is 0 Å². The van der Waals surface area contributed by atoms with E-state index in [0.717, 1.165) is 30.3 Å². The minimum atomic E-state index is 0.705. The molecule has 0 aromatic heterocycles. The lowest BCUT2D eigenvalue weighted by atomic mass is 10.3. The molecule has 0 radical (unpaired) electrons. The summed E-state index contributed by atoms with van der Waals surface area (Å²) in [7, 11) is 1.67. The molecule has 0 saturated heterocycles. The quantitative estimate of drug-likeness (QED) is 0.678. The molecule has 0 unspecified atom stereocenters. The van der Waals surface area contributed by atoms with Crippen molar-refractivity contribution < 1.29 is 9.47 Å². The smallest absolute Gasteiger partial charge is 0.122 e. The Morgan fingerprint density at radius 3 is 2.69 bits per heavy atom. The van der Waals surface area contributed by atoms with Crippen molar-refractivity contribution in [1.29, 1.82) is 0 Å². The molecule has 0 fully saturated rings. The van der Waals surface area contributed by atoms with Crippen LogP contribution >= 0.6 is 11.8 Å². The third-order valence-corrected chi connectivity index (χ3v) is 3.24. The maximum atomic E-state index is 5.64.